The van der Waals surface area contributed by atoms with Crippen molar-refractivity contribution in [3.8, 4) is 0 Å². The van der Waals surface area contributed by atoms with Gasteiger partial charge in [0.1, 0.15) is 0 Å². The van der Waals surface area contributed by atoms with Crippen LogP contribution in [0, 0.1) is 0 Å². The van der Waals surface area contributed by atoms with Crippen molar-refractivity contribution in [2.24, 2.45) is 7.05 Å². The van der Waals surface area contributed by atoms with Gasteiger partial charge in [0.2, 0.25) is 0 Å². The van der Waals surface area contributed by atoms with E-state index >= 15 is 0 Å². The van der Waals surface area contributed by atoms with E-state index in [1.54, 1.807) is 11.3 Å². The number of aromatic nitrogens is 3. The highest BCUT2D eigenvalue weighted by Crippen LogP contribution is 2.28. The summed E-state index contributed by atoms with van der Waals surface area (Å²) in [6.07, 6.45) is 4.37. The van der Waals surface area contributed by atoms with Crippen molar-refractivity contribution in [3.05, 3.63) is 46.4 Å². The summed E-state index contributed by atoms with van der Waals surface area (Å²) in [6.45, 7) is 3.36. The van der Waals surface area contributed by atoms with Crippen molar-refractivity contribution in [2.75, 3.05) is 13.1 Å². The molecule has 0 aliphatic carbocycles. The van der Waals surface area contributed by atoms with Gasteiger partial charge in [-0.25, -0.2) is 4.98 Å². The number of aryl methyl sites for hydroxylation is 1. The Balaban J connectivity index is 1.54. The van der Waals surface area contributed by atoms with Crippen molar-refractivity contribution in [3.63, 3.8) is 0 Å². The summed E-state index contributed by atoms with van der Waals surface area (Å²) in [5.74, 6) is 0.534. The second-order valence-corrected chi connectivity index (χ2v) is 6.90. The zero-order valence-corrected chi connectivity index (χ0v) is 13.6. The Morgan fingerprint density at radius 3 is 3.14 bits per heavy atom. The molecule has 5 heteroatoms. The highest BCUT2D eigenvalue weighted by molar-refractivity contribution is 7.07. The fourth-order valence-electron chi connectivity index (χ4n) is 3.35. The maximum Gasteiger partial charge on any atom is 0.157 e. The Morgan fingerprint density at radius 1 is 1.32 bits per heavy atom. The van der Waals surface area contributed by atoms with Crippen molar-refractivity contribution < 1.29 is 0 Å². The third-order valence-electron chi connectivity index (χ3n) is 4.51. The summed E-state index contributed by atoms with van der Waals surface area (Å²) < 4.78 is 1.87. The molecule has 3 aromatic heterocycles. The summed E-state index contributed by atoms with van der Waals surface area (Å²) in [5, 5.41) is 9.83. The van der Waals surface area contributed by atoms with Crippen LogP contribution in [0.4, 0.5) is 0 Å². The van der Waals surface area contributed by atoms with Gasteiger partial charge in [-0.15, -0.1) is 0 Å². The summed E-state index contributed by atoms with van der Waals surface area (Å²) >= 11 is 1.78. The van der Waals surface area contributed by atoms with Gasteiger partial charge in [-0.3, -0.25) is 9.58 Å². The number of piperidine rings is 1. The molecule has 0 amide bonds. The van der Waals surface area contributed by atoms with Crippen LogP contribution in [-0.4, -0.2) is 32.8 Å². The Morgan fingerprint density at radius 2 is 2.27 bits per heavy atom. The van der Waals surface area contributed by atoms with E-state index in [0.29, 0.717) is 5.92 Å². The average molecular weight is 312 g/mol. The first kappa shape index (κ1) is 13.9. The van der Waals surface area contributed by atoms with E-state index < -0.39 is 0 Å². The maximum atomic E-state index is 4.87. The Kier molecular flexibility index (Phi) is 3.68. The molecule has 22 heavy (non-hydrogen) atoms. The summed E-state index contributed by atoms with van der Waals surface area (Å²) in [4.78, 5) is 7.43. The first-order chi connectivity index (χ1) is 10.8. The average Bonchev–Trinajstić information content (AvgIpc) is 3.18. The first-order valence-corrected chi connectivity index (χ1v) is 8.76. The molecule has 1 aliphatic heterocycles. The molecule has 3 aromatic rings. The number of likely N-dealkylation sites (tertiary alicyclic amines) is 1. The van der Waals surface area contributed by atoms with E-state index in [0.717, 1.165) is 24.1 Å². The predicted molar refractivity (Wildman–Crippen MR) is 90.1 cm³/mol. The van der Waals surface area contributed by atoms with Crippen LogP contribution in [0.3, 0.4) is 0 Å². The molecule has 1 saturated heterocycles. The molecule has 4 rings (SSSR count). The number of fused-ring (bicyclic) bond motifs is 1. The van der Waals surface area contributed by atoms with Crippen LogP contribution >= 0.6 is 11.3 Å². The topological polar surface area (TPSA) is 34.0 Å². The molecule has 0 radical (unpaired) electrons. The second-order valence-electron chi connectivity index (χ2n) is 6.12. The van der Waals surface area contributed by atoms with Gasteiger partial charge in [-0.05, 0) is 53.9 Å². The van der Waals surface area contributed by atoms with Crippen molar-refractivity contribution >= 4 is 22.4 Å². The Labute approximate surface area is 134 Å². The minimum atomic E-state index is 0.534. The van der Waals surface area contributed by atoms with Gasteiger partial charge in [0.05, 0.1) is 6.20 Å². The van der Waals surface area contributed by atoms with Crippen LogP contribution in [0.5, 0.6) is 0 Å². The monoisotopic (exact) mass is 312 g/mol. The van der Waals surface area contributed by atoms with E-state index in [2.05, 4.69) is 39.0 Å². The third kappa shape index (κ3) is 2.66. The predicted octanol–water partition coefficient (Wildman–Crippen LogP) is 3.41. The zero-order valence-electron chi connectivity index (χ0n) is 12.8. The smallest absolute Gasteiger partial charge is 0.157 e. The van der Waals surface area contributed by atoms with Gasteiger partial charge in [0.25, 0.3) is 0 Å². The lowest BCUT2D eigenvalue weighted by atomic mass is 9.94. The number of pyridine rings is 1. The zero-order chi connectivity index (χ0) is 14.9. The molecule has 0 N–H and O–H groups in total. The van der Waals surface area contributed by atoms with Crippen LogP contribution in [0.1, 0.15) is 30.0 Å². The molecule has 0 saturated carbocycles. The van der Waals surface area contributed by atoms with E-state index in [1.807, 2.05) is 17.9 Å². The molecule has 4 heterocycles. The van der Waals surface area contributed by atoms with Gasteiger partial charge in [0.15, 0.2) is 5.65 Å². The molecule has 1 aliphatic rings. The third-order valence-corrected chi connectivity index (χ3v) is 5.25. The van der Waals surface area contributed by atoms with Gasteiger partial charge < -0.3 is 0 Å². The van der Waals surface area contributed by atoms with Gasteiger partial charge in [-0.1, -0.05) is 0 Å². The minimum Gasteiger partial charge on any atom is -0.298 e. The Bertz CT molecular complexity index is 762. The van der Waals surface area contributed by atoms with Crippen LogP contribution in [0.25, 0.3) is 11.0 Å². The lowest BCUT2D eigenvalue weighted by Gasteiger charge is -2.32. The fourth-order valence-corrected chi connectivity index (χ4v) is 4.01. The molecule has 0 aromatic carbocycles. The van der Waals surface area contributed by atoms with Crippen LogP contribution in [0.2, 0.25) is 0 Å². The molecular weight excluding hydrogens is 292 g/mol. The normalized spacial score (nSPS) is 19.8. The molecular formula is C17H20N4S. The number of hydrogen-bond acceptors (Lipinski definition) is 4. The number of rotatable bonds is 3. The summed E-state index contributed by atoms with van der Waals surface area (Å²) in [5.41, 5.74) is 3.64. The molecule has 1 fully saturated rings. The molecule has 4 nitrogen and oxygen atoms in total. The SMILES string of the molecule is Cn1ncc2ccc([C@H]3CCCN(Cc4ccsc4)C3)nc21. The first-order valence-electron chi connectivity index (χ1n) is 7.82. The van der Waals surface area contributed by atoms with Crippen molar-refractivity contribution in [2.45, 2.75) is 25.3 Å². The molecule has 0 unspecified atom stereocenters. The number of thiophene rings is 1. The second kappa shape index (κ2) is 5.82. The van der Waals surface area contributed by atoms with Crippen molar-refractivity contribution in [1.29, 1.82) is 0 Å². The van der Waals surface area contributed by atoms with E-state index in [4.69, 9.17) is 4.98 Å². The number of nitrogens with zero attached hydrogens (tertiary/aromatic N) is 4. The highest BCUT2D eigenvalue weighted by atomic mass is 32.1. The highest BCUT2D eigenvalue weighted by Gasteiger charge is 2.23. The fraction of sp³-hybridized carbons (Fsp3) is 0.412. The van der Waals surface area contributed by atoms with Crippen LogP contribution in [0.15, 0.2) is 35.2 Å². The Hall–Kier alpha value is -1.72. The van der Waals surface area contributed by atoms with Crippen LogP contribution in [-0.2, 0) is 13.6 Å². The standard InChI is InChI=1S/C17H20N4S/c1-20-17-14(9-18-20)4-5-16(19-17)15-3-2-7-21(11-15)10-13-6-8-22-12-13/h4-6,8-9,12,15H,2-3,7,10-11H2,1H3/t15-/m0/s1. The van der Waals surface area contributed by atoms with Gasteiger partial charge >= 0.3 is 0 Å². The summed E-state index contributed by atoms with van der Waals surface area (Å²) in [6, 6.07) is 6.57. The van der Waals surface area contributed by atoms with Gasteiger partial charge in [-0.2, -0.15) is 16.4 Å². The molecule has 114 valence electrons. The van der Waals surface area contributed by atoms with E-state index in [9.17, 15) is 0 Å². The molecule has 0 bridgehead atoms. The van der Waals surface area contributed by atoms with Crippen LogP contribution < -0.4 is 0 Å². The minimum absolute atomic E-state index is 0.534. The summed E-state index contributed by atoms with van der Waals surface area (Å²) in [7, 11) is 1.96. The number of hydrogen-bond donors (Lipinski definition) is 0. The largest absolute Gasteiger partial charge is 0.298 e. The lowest BCUT2D eigenvalue weighted by Crippen LogP contribution is -2.34. The molecule has 0 spiro atoms. The maximum absolute atomic E-state index is 4.87. The lowest BCUT2D eigenvalue weighted by molar-refractivity contribution is 0.199. The van der Waals surface area contributed by atoms with Crippen molar-refractivity contribution in [1.82, 2.24) is 19.7 Å². The van der Waals surface area contributed by atoms with E-state index in [-0.39, 0.29) is 0 Å². The quantitative estimate of drug-likeness (QED) is 0.743. The molecule has 1 atom stereocenters. The van der Waals surface area contributed by atoms with E-state index in [1.165, 1.54) is 30.6 Å². The van der Waals surface area contributed by atoms with Gasteiger partial charge in [0, 0.05) is 37.1 Å².